The molecule has 0 aromatic heterocycles. The fourth-order valence-electron chi connectivity index (χ4n) is 4.09. The third-order valence-electron chi connectivity index (χ3n) is 5.98. The van der Waals surface area contributed by atoms with E-state index in [0.717, 1.165) is 12.0 Å². The number of rotatable bonds is 8. The van der Waals surface area contributed by atoms with Gasteiger partial charge < -0.3 is 24.4 Å². The molecule has 0 aliphatic carbocycles. The van der Waals surface area contributed by atoms with Crippen LogP contribution in [0.2, 0.25) is 0 Å². The van der Waals surface area contributed by atoms with Crippen LogP contribution in [0.4, 0.5) is 0 Å². The van der Waals surface area contributed by atoms with Gasteiger partial charge in [0.05, 0.1) is 20.6 Å². The number of ether oxygens (including phenoxy) is 3. The van der Waals surface area contributed by atoms with Gasteiger partial charge >= 0.3 is 0 Å². The minimum absolute atomic E-state index is 0.0140. The van der Waals surface area contributed by atoms with Gasteiger partial charge in [-0.3, -0.25) is 4.79 Å². The summed E-state index contributed by atoms with van der Waals surface area (Å²) in [6, 6.07) is 6.18. The number of Topliss-reactive ketones (excluding diaryl/α,β-unsaturated/α-hetero) is 1. The lowest BCUT2D eigenvalue weighted by atomic mass is 9.86. The SMILES string of the molecule is C=C(C)[C@@H](CC=C(C)C)Cc1c(O)cc(OC)c2c1O[C@H](c1ccc(O)cc1OC)CC2=O. The number of hydrogen-bond acceptors (Lipinski definition) is 6. The number of phenols is 2. The lowest BCUT2D eigenvalue weighted by molar-refractivity contribution is 0.0838. The smallest absolute Gasteiger partial charge is 0.174 e. The van der Waals surface area contributed by atoms with Gasteiger partial charge in [0, 0.05) is 23.3 Å². The summed E-state index contributed by atoms with van der Waals surface area (Å²) in [6.07, 6.45) is 2.82. The van der Waals surface area contributed by atoms with Crippen molar-refractivity contribution in [1.29, 1.82) is 0 Å². The summed E-state index contributed by atoms with van der Waals surface area (Å²) < 4.78 is 17.2. The van der Waals surface area contributed by atoms with E-state index in [1.54, 1.807) is 6.07 Å². The van der Waals surface area contributed by atoms with Gasteiger partial charge in [-0.15, -0.1) is 0 Å². The van der Waals surface area contributed by atoms with Crippen LogP contribution >= 0.6 is 0 Å². The van der Waals surface area contributed by atoms with Gasteiger partial charge in [0.1, 0.15) is 40.4 Å². The number of allylic oxidation sites excluding steroid dienone is 3. The predicted octanol–water partition coefficient (Wildman–Crippen LogP) is 5.91. The summed E-state index contributed by atoms with van der Waals surface area (Å²) in [5.41, 5.74) is 3.71. The zero-order chi connectivity index (χ0) is 24.3. The Bertz CT molecular complexity index is 1090. The van der Waals surface area contributed by atoms with Crippen LogP contribution in [0.15, 0.2) is 48.1 Å². The Morgan fingerprint density at radius 1 is 1.18 bits per heavy atom. The minimum Gasteiger partial charge on any atom is -0.508 e. The first-order chi connectivity index (χ1) is 15.7. The largest absolute Gasteiger partial charge is 0.508 e. The summed E-state index contributed by atoms with van der Waals surface area (Å²) >= 11 is 0. The zero-order valence-electron chi connectivity index (χ0n) is 19.9. The molecule has 0 spiro atoms. The van der Waals surface area contributed by atoms with Crippen molar-refractivity contribution in [2.24, 2.45) is 5.92 Å². The molecule has 0 amide bonds. The van der Waals surface area contributed by atoms with Crippen LogP contribution in [0, 0.1) is 5.92 Å². The van der Waals surface area contributed by atoms with Crippen LogP contribution in [0.3, 0.4) is 0 Å². The first-order valence-electron chi connectivity index (χ1n) is 10.9. The molecule has 0 saturated carbocycles. The van der Waals surface area contributed by atoms with E-state index >= 15 is 0 Å². The number of phenolic OH excluding ortho intramolecular Hbond substituents is 2. The van der Waals surface area contributed by atoms with Gasteiger partial charge in [0.15, 0.2) is 5.78 Å². The predicted molar refractivity (Wildman–Crippen MR) is 128 cm³/mol. The molecule has 3 rings (SSSR count). The molecule has 6 nitrogen and oxygen atoms in total. The van der Waals surface area contributed by atoms with E-state index in [-0.39, 0.29) is 35.4 Å². The first-order valence-corrected chi connectivity index (χ1v) is 10.9. The Balaban J connectivity index is 2.10. The quantitative estimate of drug-likeness (QED) is 0.484. The van der Waals surface area contributed by atoms with E-state index in [0.29, 0.717) is 34.6 Å². The molecule has 0 unspecified atom stereocenters. The number of methoxy groups -OCH3 is 2. The highest BCUT2D eigenvalue weighted by Gasteiger charge is 2.35. The third kappa shape index (κ3) is 5.16. The molecule has 2 aromatic carbocycles. The molecule has 0 radical (unpaired) electrons. The second kappa shape index (κ2) is 10.0. The van der Waals surface area contributed by atoms with Gasteiger partial charge in [-0.1, -0.05) is 23.8 Å². The van der Waals surface area contributed by atoms with Crippen LogP contribution in [-0.2, 0) is 6.42 Å². The highest BCUT2D eigenvalue weighted by molar-refractivity contribution is 6.03. The maximum atomic E-state index is 13.3. The molecule has 0 bridgehead atoms. The van der Waals surface area contributed by atoms with E-state index in [1.807, 2.05) is 20.8 Å². The minimum atomic E-state index is -0.633. The second-order valence-corrected chi connectivity index (χ2v) is 8.71. The monoisotopic (exact) mass is 452 g/mol. The highest BCUT2D eigenvalue weighted by atomic mass is 16.5. The van der Waals surface area contributed by atoms with E-state index in [2.05, 4.69) is 12.7 Å². The van der Waals surface area contributed by atoms with Gasteiger partial charge in [0.2, 0.25) is 0 Å². The number of carbonyl (C=O) groups is 1. The summed E-state index contributed by atoms with van der Waals surface area (Å²) in [6.45, 7) is 10.2. The molecule has 0 fully saturated rings. The second-order valence-electron chi connectivity index (χ2n) is 8.71. The van der Waals surface area contributed by atoms with Crippen molar-refractivity contribution in [3.05, 3.63) is 64.8 Å². The van der Waals surface area contributed by atoms with Crippen molar-refractivity contribution < 1.29 is 29.2 Å². The van der Waals surface area contributed by atoms with Crippen LogP contribution in [0.25, 0.3) is 0 Å². The van der Waals surface area contributed by atoms with E-state index in [9.17, 15) is 15.0 Å². The number of aromatic hydroxyl groups is 2. The Morgan fingerprint density at radius 3 is 2.48 bits per heavy atom. The molecule has 1 aliphatic rings. The maximum Gasteiger partial charge on any atom is 0.174 e. The summed E-state index contributed by atoms with van der Waals surface area (Å²) in [5.74, 6) is 1.02. The zero-order valence-corrected chi connectivity index (χ0v) is 19.9. The molecular formula is C27H32O6. The number of hydrogen-bond donors (Lipinski definition) is 2. The average molecular weight is 453 g/mol. The van der Waals surface area contributed by atoms with Gasteiger partial charge in [-0.2, -0.15) is 0 Å². The molecule has 2 atom stereocenters. The van der Waals surface area contributed by atoms with Crippen LogP contribution < -0.4 is 14.2 Å². The van der Waals surface area contributed by atoms with Gasteiger partial charge in [-0.05, 0) is 51.7 Å². The molecule has 6 heteroatoms. The van der Waals surface area contributed by atoms with Crippen LogP contribution in [-0.4, -0.2) is 30.2 Å². The Morgan fingerprint density at radius 2 is 1.88 bits per heavy atom. The fourth-order valence-corrected chi connectivity index (χ4v) is 4.09. The summed E-state index contributed by atoms with van der Waals surface area (Å²) in [5, 5.41) is 20.7. The third-order valence-corrected chi connectivity index (χ3v) is 5.98. The Kier molecular flexibility index (Phi) is 7.36. The Hall–Kier alpha value is -3.41. The molecule has 1 aliphatic heterocycles. The Labute approximate surface area is 195 Å². The number of ketones is 1. The maximum absolute atomic E-state index is 13.3. The van der Waals surface area contributed by atoms with E-state index in [4.69, 9.17) is 14.2 Å². The molecule has 33 heavy (non-hydrogen) atoms. The number of fused-ring (bicyclic) bond motifs is 1. The van der Waals surface area contributed by atoms with Crippen molar-refractivity contribution in [3.63, 3.8) is 0 Å². The van der Waals surface area contributed by atoms with E-state index in [1.165, 1.54) is 38.0 Å². The average Bonchev–Trinajstić information content (AvgIpc) is 2.76. The number of benzene rings is 2. The summed E-state index contributed by atoms with van der Waals surface area (Å²) in [7, 11) is 2.96. The van der Waals surface area contributed by atoms with Crippen LogP contribution in [0.1, 0.15) is 61.2 Å². The van der Waals surface area contributed by atoms with Gasteiger partial charge in [0.25, 0.3) is 0 Å². The standard InChI is InChI=1S/C27H32O6/c1-15(2)7-8-17(16(3)4)11-20-21(29)13-25(32-6)26-22(30)14-24(33-27(20)26)19-10-9-18(28)12-23(19)31-5/h7,9-10,12-13,17,24,28-29H,3,8,11,14H2,1-2,4-6H3/t17-,24-/m0/s1. The fraction of sp³-hybridized carbons (Fsp3) is 0.370. The highest BCUT2D eigenvalue weighted by Crippen LogP contribution is 2.48. The number of carbonyl (C=O) groups excluding carboxylic acids is 1. The molecule has 2 N–H and O–H groups in total. The van der Waals surface area contributed by atoms with Crippen molar-refractivity contribution in [2.75, 3.05) is 14.2 Å². The normalized spacial score (nSPS) is 15.8. The van der Waals surface area contributed by atoms with E-state index < -0.39 is 6.10 Å². The summed E-state index contributed by atoms with van der Waals surface area (Å²) in [4.78, 5) is 13.3. The lowest BCUT2D eigenvalue weighted by Gasteiger charge is -2.30. The van der Waals surface area contributed by atoms with Crippen molar-refractivity contribution in [2.45, 2.75) is 46.1 Å². The first kappa shape index (κ1) is 24.2. The molecule has 1 heterocycles. The topological polar surface area (TPSA) is 85.2 Å². The lowest BCUT2D eigenvalue weighted by Crippen LogP contribution is -2.23. The molecule has 2 aromatic rings. The molecule has 176 valence electrons. The molecule has 0 saturated heterocycles. The van der Waals surface area contributed by atoms with Crippen LogP contribution in [0.5, 0.6) is 28.7 Å². The van der Waals surface area contributed by atoms with Crippen molar-refractivity contribution in [3.8, 4) is 28.7 Å². The van der Waals surface area contributed by atoms with Crippen molar-refractivity contribution >= 4 is 5.78 Å². The van der Waals surface area contributed by atoms with Gasteiger partial charge in [-0.25, -0.2) is 0 Å². The molecular weight excluding hydrogens is 420 g/mol. The van der Waals surface area contributed by atoms with Crippen molar-refractivity contribution in [1.82, 2.24) is 0 Å².